The summed E-state index contributed by atoms with van der Waals surface area (Å²) in [7, 11) is 1.73. The molecule has 0 aromatic rings. The van der Waals surface area contributed by atoms with Gasteiger partial charge in [-0.15, -0.1) is 0 Å². The van der Waals surface area contributed by atoms with Crippen molar-refractivity contribution in [1.29, 1.82) is 0 Å². The maximum atomic E-state index is 11.7. The molecule has 0 aromatic heterocycles. The van der Waals surface area contributed by atoms with E-state index in [4.69, 9.17) is 0 Å². The molecule has 0 saturated heterocycles. The quantitative estimate of drug-likeness (QED) is 0.742. The van der Waals surface area contributed by atoms with Crippen LogP contribution in [0.2, 0.25) is 0 Å². The number of rotatable bonds is 4. The van der Waals surface area contributed by atoms with Gasteiger partial charge in [-0.05, 0) is 25.3 Å². The fourth-order valence-corrected chi connectivity index (χ4v) is 2.26. The summed E-state index contributed by atoms with van der Waals surface area (Å²) in [5.74, 6) is 1.04. The molecule has 0 radical (unpaired) electrons. The van der Waals surface area contributed by atoms with Crippen molar-refractivity contribution in [2.75, 3.05) is 13.6 Å². The van der Waals surface area contributed by atoms with E-state index in [9.17, 15) is 4.79 Å². The second kappa shape index (κ2) is 6.11. The van der Waals surface area contributed by atoms with Gasteiger partial charge in [-0.25, -0.2) is 0 Å². The van der Waals surface area contributed by atoms with Gasteiger partial charge in [0, 0.05) is 13.1 Å². The van der Waals surface area contributed by atoms with Crippen LogP contribution < -0.4 is 10.6 Å². The molecule has 1 fully saturated rings. The second-order valence-corrected chi connectivity index (χ2v) is 4.91. The lowest BCUT2D eigenvalue weighted by atomic mass is 9.83. The monoisotopic (exact) mass is 212 g/mol. The van der Waals surface area contributed by atoms with Gasteiger partial charge in [-0.2, -0.15) is 0 Å². The van der Waals surface area contributed by atoms with Crippen LogP contribution in [-0.4, -0.2) is 25.5 Å². The van der Waals surface area contributed by atoms with Crippen molar-refractivity contribution in [2.24, 2.45) is 11.8 Å². The average Bonchev–Trinajstić information content (AvgIpc) is 2.25. The molecule has 88 valence electrons. The average molecular weight is 212 g/mol. The van der Waals surface area contributed by atoms with E-state index in [0.29, 0.717) is 12.0 Å². The van der Waals surface area contributed by atoms with Gasteiger partial charge in [0.15, 0.2) is 0 Å². The first-order valence-corrected chi connectivity index (χ1v) is 6.10. The van der Waals surface area contributed by atoms with Crippen LogP contribution in [0.4, 0.5) is 0 Å². The highest BCUT2D eigenvalue weighted by Crippen LogP contribution is 2.24. The highest BCUT2D eigenvalue weighted by molar-refractivity contribution is 5.79. The Morgan fingerprint density at radius 1 is 1.33 bits per heavy atom. The standard InChI is InChI=1S/C12H24N2O/c1-9(2)8-14-11-7-5-4-6-10(11)12(15)13-3/h9-11,14H,4-8H2,1-3H3,(H,13,15). The smallest absolute Gasteiger partial charge is 0.224 e. The minimum atomic E-state index is 0.183. The van der Waals surface area contributed by atoms with Crippen molar-refractivity contribution in [2.45, 2.75) is 45.6 Å². The summed E-state index contributed by atoms with van der Waals surface area (Å²) in [5.41, 5.74) is 0. The molecule has 1 amide bonds. The predicted molar refractivity (Wildman–Crippen MR) is 62.7 cm³/mol. The van der Waals surface area contributed by atoms with E-state index in [2.05, 4.69) is 24.5 Å². The number of hydrogen-bond acceptors (Lipinski definition) is 2. The van der Waals surface area contributed by atoms with Crippen molar-refractivity contribution >= 4 is 5.91 Å². The molecule has 2 atom stereocenters. The molecule has 0 bridgehead atoms. The number of nitrogens with one attached hydrogen (secondary N) is 2. The molecule has 1 rings (SSSR count). The summed E-state index contributed by atoms with van der Waals surface area (Å²) < 4.78 is 0. The second-order valence-electron chi connectivity index (χ2n) is 4.91. The van der Waals surface area contributed by atoms with Crippen LogP contribution in [0, 0.1) is 11.8 Å². The molecule has 3 heteroatoms. The van der Waals surface area contributed by atoms with Crippen molar-refractivity contribution in [1.82, 2.24) is 10.6 Å². The summed E-state index contributed by atoms with van der Waals surface area (Å²) in [4.78, 5) is 11.7. The number of hydrogen-bond donors (Lipinski definition) is 2. The molecule has 15 heavy (non-hydrogen) atoms. The maximum Gasteiger partial charge on any atom is 0.224 e. The van der Waals surface area contributed by atoms with Crippen molar-refractivity contribution in [3.05, 3.63) is 0 Å². The molecular formula is C12H24N2O. The van der Waals surface area contributed by atoms with Gasteiger partial charge in [-0.3, -0.25) is 4.79 Å². The van der Waals surface area contributed by atoms with Crippen LogP contribution in [0.5, 0.6) is 0 Å². The molecule has 0 aromatic carbocycles. The Morgan fingerprint density at radius 3 is 2.60 bits per heavy atom. The van der Waals surface area contributed by atoms with Crippen molar-refractivity contribution < 1.29 is 4.79 Å². The van der Waals surface area contributed by atoms with Crippen molar-refractivity contribution in [3.8, 4) is 0 Å². The lowest BCUT2D eigenvalue weighted by Crippen LogP contribution is -2.46. The third kappa shape index (κ3) is 3.82. The summed E-state index contributed by atoms with van der Waals surface area (Å²) in [6, 6.07) is 0.390. The lowest BCUT2D eigenvalue weighted by molar-refractivity contribution is -0.126. The van der Waals surface area contributed by atoms with Gasteiger partial charge >= 0.3 is 0 Å². The van der Waals surface area contributed by atoms with E-state index < -0.39 is 0 Å². The lowest BCUT2D eigenvalue weighted by Gasteiger charge is -2.31. The van der Waals surface area contributed by atoms with Gasteiger partial charge in [-0.1, -0.05) is 26.7 Å². The van der Waals surface area contributed by atoms with E-state index in [1.54, 1.807) is 7.05 Å². The fraction of sp³-hybridized carbons (Fsp3) is 0.917. The SMILES string of the molecule is CNC(=O)C1CCCCC1NCC(C)C. The van der Waals surface area contributed by atoms with E-state index in [1.807, 2.05) is 0 Å². The van der Waals surface area contributed by atoms with Crippen LogP contribution in [0.1, 0.15) is 39.5 Å². The first-order valence-electron chi connectivity index (χ1n) is 6.10. The Bertz CT molecular complexity index is 204. The molecule has 0 aliphatic heterocycles. The zero-order chi connectivity index (χ0) is 11.3. The first-order chi connectivity index (χ1) is 7.15. The fourth-order valence-electron chi connectivity index (χ4n) is 2.26. The molecular weight excluding hydrogens is 188 g/mol. The Hall–Kier alpha value is -0.570. The highest BCUT2D eigenvalue weighted by Gasteiger charge is 2.29. The van der Waals surface area contributed by atoms with Crippen LogP contribution >= 0.6 is 0 Å². The summed E-state index contributed by atoms with van der Waals surface area (Å²) >= 11 is 0. The molecule has 0 heterocycles. The van der Waals surface area contributed by atoms with Crippen LogP contribution in [0.25, 0.3) is 0 Å². The van der Waals surface area contributed by atoms with E-state index >= 15 is 0 Å². The van der Waals surface area contributed by atoms with Gasteiger partial charge < -0.3 is 10.6 Å². The van der Waals surface area contributed by atoms with Gasteiger partial charge in [0.1, 0.15) is 0 Å². The Kier molecular flexibility index (Phi) is 5.09. The molecule has 1 aliphatic carbocycles. The third-order valence-electron chi connectivity index (χ3n) is 3.14. The van der Waals surface area contributed by atoms with E-state index in [1.165, 1.54) is 12.8 Å². The van der Waals surface area contributed by atoms with E-state index in [0.717, 1.165) is 19.4 Å². The van der Waals surface area contributed by atoms with Crippen LogP contribution in [0.15, 0.2) is 0 Å². The zero-order valence-corrected chi connectivity index (χ0v) is 10.2. The van der Waals surface area contributed by atoms with Gasteiger partial charge in [0.25, 0.3) is 0 Å². The molecule has 1 aliphatic rings. The number of carbonyl (C=O) groups excluding carboxylic acids is 1. The summed E-state index contributed by atoms with van der Waals surface area (Å²) in [5, 5.41) is 6.30. The normalized spacial score (nSPS) is 26.7. The molecule has 0 spiro atoms. The predicted octanol–water partition coefficient (Wildman–Crippen LogP) is 1.54. The third-order valence-corrected chi connectivity index (χ3v) is 3.14. The van der Waals surface area contributed by atoms with Crippen LogP contribution in [0.3, 0.4) is 0 Å². The topological polar surface area (TPSA) is 41.1 Å². The number of amides is 1. The molecule has 2 unspecified atom stereocenters. The van der Waals surface area contributed by atoms with Crippen molar-refractivity contribution in [3.63, 3.8) is 0 Å². The Labute approximate surface area is 93.0 Å². The van der Waals surface area contributed by atoms with Gasteiger partial charge in [0.05, 0.1) is 5.92 Å². The largest absolute Gasteiger partial charge is 0.359 e. The Balaban J connectivity index is 2.46. The highest BCUT2D eigenvalue weighted by atomic mass is 16.1. The molecule has 2 N–H and O–H groups in total. The Morgan fingerprint density at radius 2 is 2.00 bits per heavy atom. The molecule has 1 saturated carbocycles. The summed E-state index contributed by atoms with van der Waals surface area (Å²) in [6.07, 6.45) is 4.63. The van der Waals surface area contributed by atoms with Gasteiger partial charge in [0.2, 0.25) is 5.91 Å². The summed E-state index contributed by atoms with van der Waals surface area (Å²) in [6.45, 7) is 5.41. The number of carbonyl (C=O) groups is 1. The molecule has 3 nitrogen and oxygen atoms in total. The first kappa shape index (κ1) is 12.5. The minimum Gasteiger partial charge on any atom is -0.359 e. The minimum absolute atomic E-state index is 0.183. The van der Waals surface area contributed by atoms with Crippen LogP contribution in [-0.2, 0) is 4.79 Å². The maximum absolute atomic E-state index is 11.7. The van der Waals surface area contributed by atoms with E-state index in [-0.39, 0.29) is 11.8 Å². The zero-order valence-electron chi connectivity index (χ0n) is 10.2.